The quantitative estimate of drug-likeness (QED) is 0.255. The van der Waals surface area contributed by atoms with Gasteiger partial charge in [-0.1, -0.05) is 45.6 Å². The Balaban J connectivity index is 1.25. The van der Waals surface area contributed by atoms with Crippen LogP contribution in [0.1, 0.15) is 47.2 Å². The van der Waals surface area contributed by atoms with Gasteiger partial charge in [0, 0.05) is 18.0 Å². The van der Waals surface area contributed by atoms with Crippen LogP contribution >= 0.6 is 23.2 Å². The van der Waals surface area contributed by atoms with Crippen molar-refractivity contribution in [2.45, 2.75) is 39.2 Å². The summed E-state index contributed by atoms with van der Waals surface area (Å²) in [7, 11) is 0. The predicted octanol–water partition coefficient (Wildman–Crippen LogP) is 6.63. The number of fused-ring (bicyclic) bond motifs is 3. The Labute approximate surface area is 231 Å². The predicted molar refractivity (Wildman–Crippen MR) is 146 cm³/mol. The number of pyridine rings is 1. The molecule has 0 bridgehead atoms. The molecule has 1 saturated carbocycles. The summed E-state index contributed by atoms with van der Waals surface area (Å²) in [6.45, 7) is 3.68. The van der Waals surface area contributed by atoms with Crippen molar-refractivity contribution in [1.29, 1.82) is 0 Å². The summed E-state index contributed by atoms with van der Waals surface area (Å²) in [6, 6.07) is 9.62. The second-order valence-corrected chi connectivity index (χ2v) is 10.7. The van der Waals surface area contributed by atoms with E-state index in [1.165, 1.54) is 18.2 Å². The van der Waals surface area contributed by atoms with Gasteiger partial charge in [-0.2, -0.15) is 0 Å². The van der Waals surface area contributed by atoms with Crippen molar-refractivity contribution >= 4 is 50.9 Å². The zero-order valence-corrected chi connectivity index (χ0v) is 22.6. The van der Waals surface area contributed by atoms with E-state index in [1.54, 1.807) is 24.5 Å². The highest BCUT2D eigenvalue weighted by Gasteiger charge is 2.31. The van der Waals surface area contributed by atoms with Crippen LogP contribution in [0, 0.1) is 25.6 Å². The van der Waals surface area contributed by atoms with Gasteiger partial charge in [0.2, 0.25) is 0 Å². The van der Waals surface area contributed by atoms with Crippen LogP contribution in [0.4, 0.5) is 4.39 Å². The molecule has 8 nitrogen and oxygen atoms in total. The third-order valence-electron chi connectivity index (χ3n) is 7.50. The first-order valence-corrected chi connectivity index (χ1v) is 13.3. The largest absolute Gasteiger partial charge is 0.360 e. The third-order valence-corrected chi connectivity index (χ3v) is 8.13. The van der Waals surface area contributed by atoms with Gasteiger partial charge in [-0.15, -0.1) is 0 Å². The van der Waals surface area contributed by atoms with Crippen LogP contribution in [-0.2, 0) is 0 Å². The van der Waals surface area contributed by atoms with Crippen LogP contribution in [0.5, 0.6) is 0 Å². The molecule has 0 saturated heterocycles. The molecule has 200 valence electrons. The summed E-state index contributed by atoms with van der Waals surface area (Å²) in [6.07, 6.45) is 2.22. The number of hydrogen-bond donors (Lipinski definition) is 1. The minimum atomic E-state index is -0.596. The van der Waals surface area contributed by atoms with E-state index >= 15 is 0 Å². The van der Waals surface area contributed by atoms with Crippen molar-refractivity contribution in [2.24, 2.45) is 5.92 Å². The number of hydrogen-bond acceptors (Lipinski definition) is 6. The molecule has 2 atom stereocenters. The SMILES string of the molecule is Cc1onc(-c2c(F)cccc2Cl)c1C(=O)NC[C@H]1CC[C@@H](n2c(=O)c3c(C)onc3c3c(Cl)cccc32)C1. The summed E-state index contributed by atoms with van der Waals surface area (Å²) in [5.74, 6) is -0.204. The molecule has 0 spiro atoms. The van der Waals surface area contributed by atoms with Gasteiger partial charge in [0.1, 0.15) is 39.5 Å². The van der Waals surface area contributed by atoms with Crippen LogP contribution in [0.2, 0.25) is 10.0 Å². The van der Waals surface area contributed by atoms with E-state index in [0.29, 0.717) is 45.6 Å². The van der Waals surface area contributed by atoms with Gasteiger partial charge in [-0.3, -0.25) is 9.59 Å². The monoisotopic (exact) mass is 568 g/mol. The first kappa shape index (κ1) is 25.6. The highest BCUT2D eigenvalue weighted by molar-refractivity contribution is 6.37. The molecule has 3 heterocycles. The van der Waals surface area contributed by atoms with Crippen molar-refractivity contribution in [2.75, 3.05) is 6.54 Å². The molecule has 1 amide bonds. The lowest BCUT2D eigenvalue weighted by Gasteiger charge is -2.19. The number of carbonyl (C=O) groups excluding carboxylic acids is 1. The second kappa shape index (κ2) is 9.81. The van der Waals surface area contributed by atoms with Gasteiger partial charge in [0.05, 0.1) is 21.1 Å². The number of amides is 1. The van der Waals surface area contributed by atoms with E-state index in [1.807, 2.05) is 12.1 Å². The molecule has 0 unspecified atom stereocenters. The molecule has 3 aromatic heterocycles. The Bertz CT molecular complexity index is 1810. The normalized spacial score (nSPS) is 17.4. The summed E-state index contributed by atoms with van der Waals surface area (Å²) in [5, 5.41) is 12.7. The van der Waals surface area contributed by atoms with E-state index in [-0.39, 0.29) is 45.1 Å². The van der Waals surface area contributed by atoms with Gasteiger partial charge in [-0.05, 0) is 63.3 Å². The van der Waals surface area contributed by atoms with Crippen molar-refractivity contribution in [1.82, 2.24) is 20.2 Å². The molecule has 1 fully saturated rings. The topological polar surface area (TPSA) is 103 Å². The minimum absolute atomic E-state index is 0.0198. The fourth-order valence-electron chi connectivity index (χ4n) is 5.66. The fraction of sp³-hybridized carbons (Fsp3) is 0.286. The smallest absolute Gasteiger partial charge is 0.264 e. The second-order valence-electron chi connectivity index (χ2n) is 9.87. The van der Waals surface area contributed by atoms with Gasteiger partial charge in [0.25, 0.3) is 11.5 Å². The zero-order valence-electron chi connectivity index (χ0n) is 21.1. The summed E-state index contributed by atoms with van der Waals surface area (Å²) < 4.78 is 26.9. The number of aromatic nitrogens is 3. The van der Waals surface area contributed by atoms with Crippen LogP contribution in [0.3, 0.4) is 0 Å². The third kappa shape index (κ3) is 4.20. The lowest BCUT2D eigenvalue weighted by atomic mass is 10.0. The highest BCUT2D eigenvalue weighted by Crippen LogP contribution is 2.38. The Hall–Kier alpha value is -3.69. The van der Waals surface area contributed by atoms with Gasteiger partial charge in [-0.25, -0.2) is 4.39 Å². The molecule has 0 radical (unpaired) electrons. The molecule has 0 aliphatic heterocycles. The Morgan fingerprint density at radius 3 is 2.59 bits per heavy atom. The number of benzene rings is 2. The number of nitrogens with one attached hydrogen (secondary N) is 1. The molecule has 2 aromatic carbocycles. The standard InChI is InChI=1S/C28H23Cl2FN4O4/c1-13-21(25(33-38-13)23-17(29)5-3-7-19(23)31)27(36)32-12-15-9-10-16(11-15)35-20-8-4-6-18(30)24(20)26-22(28(35)37)14(2)39-34-26/h3-8,15-16H,9-12H2,1-2H3,(H,32,36)/t15-,16+/m0/s1. The number of aryl methyl sites for hydroxylation is 2. The van der Waals surface area contributed by atoms with Crippen molar-refractivity contribution in [3.63, 3.8) is 0 Å². The van der Waals surface area contributed by atoms with E-state index < -0.39 is 11.7 Å². The molecule has 5 aromatic rings. The average molecular weight is 569 g/mol. The Morgan fingerprint density at radius 1 is 1.05 bits per heavy atom. The van der Waals surface area contributed by atoms with Gasteiger partial charge >= 0.3 is 0 Å². The summed E-state index contributed by atoms with van der Waals surface area (Å²) in [4.78, 5) is 26.8. The van der Waals surface area contributed by atoms with E-state index in [0.717, 1.165) is 12.8 Å². The first-order chi connectivity index (χ1) is 18.8. The van der Waals surface area contributed by atoms with Crippen molar-refractivity contribution < 1.29 is 18.2 Å². The lowest BCUT2D eigenvalue weighted by Crippen LogP contribution is -2.30. The number of rotatable bonds is 5. The first-order valence-electron chi connectivity index (χ1n) is 12.5. The maximum Gasteiger partial charge on any atom is 0.264 e. The minimum Gasteiger partial charge on any atom is -0.360 e. The maximum atomic E-state index is 14.6. The summed E-state index contributed by atoms with van der Waals surface area (Å²) >= 11 is 12.7. The van der Waals surface area contributed by atoms with E-state index in [9.17, 15) is 14.0 Å². The molecule has 1 N–H and O–H groups in total. The molecule has 39 heavy (non-hydrogen) atoms. The fourth-order valence-corrected chi connectivity index (χ4v) is 6.17. The molecule has 1 aliphatic carbocycles. The number of carbonyl (C=O) groups is 1. The van der Waals surface area contributed by atoms with Crippen LogP contribution in [0.15, 0.2) is 50.2 Å². The van der Waals surface area contributed by atoms with E-state index in [4.69, 9.17) is 32.2 Å². The molecule has 6 rings (SSSR count). The Morgan fingerprint density at radius 2 is 1.79 bits per heavy atom. The van der Waals surface area contributed by atoms with Gasteiger partial charge in [0.15, 0.2) is 0 Å². The molecular formula is C28H23Cl2FN4O4. The molecular weight excluding hydrogens is 546 g/mol. The Kier molecular flexibility index (Phi) is 6.43. The van der Waals surface area contributed by atoms with Crippen LogP contribution in [0.25, 0.3) is 33.1 Å². The van der Waals surface area contributed by atoms with Crippen molar-refractivity contribution in [3.8, 4) is 11.3 Å². The molecule has 11 heteroatoms. The summed E-state index contributed by atoms with van der Waals surface area (Å²) in [5.41, 5.74) is 1.22. The van der Waals surface area contributed by atoms with E-state index in [2.05, 4.69) is 15.6 Å². The van der Waals surface area contributed by atoms with Crippen LogP contribution < -0.4 is 10.9 Å². The number of nitrogens with zero attached hydrogens (tertiary/aromatic N) is 3. The highest BCUT2D eigenvalue weighted by atomic mass is 35.5. The number of halogens is 3. The average Bonchev–Trinajstić information content (AvgIpc) is 3.62. The maximum absolute atomic E-state index is 14.6. The van der Waals surface area contributed by atoms with Gasteiger partial charge < -0.3 is 18.9 Å². The van der Waals surface area contributed by atoms with Crippen molar-refractivity contribution in [3.05, 3.63) is 79.7 Å². The zero-order chi connectivity index (χ0) is 27.4. The molecule has 1 aliphatic rings. The lowest BCUT2D eigenvalue weighted by molar-refractivity contribution is 0.0946. The van der Waals surface area contributed by atoms with Crippen LogP contribution in [-0.4, -0.2) is 27.3 Å².